The van der Waals surface area contributed by atoms with E-state index in [1.807, 2.05) is 13.0 Å². The summed E-state index contributed by atoms with van der Waals surface area (Å²) in [4.78, 5) is 27.6. The average molecular weight is 314 g/mol. The molecule has 0 spiro atoms. The molecule has 0 radical (unpaired) electrons. The number of nitrogens with two attached hydrogens (primary N) is 2. The van der Waals surface area contributed by atoms with Crippen molar-refractivity contribution in [2.24, 2.45) is 0 Å². The highest BCUT2D eigenvalue weighted by Crippen LogP contribution is 2.31. The van der Waals surface area contributed by atoms with Gasteiger partial charge in [-0.1, -0.05) is 23.9 Å². The first-order valence-electron chi connectivity index (χ1n) is 6.58. The van der Waals surface area contributed by atoms with Crippen LogP contribution in [-0.4, -0.2) is 19.9 Å². The molecule has 1 aromatic carbocycles. The van der Waals surface area contributed by atoms with E-state index in [-0.39, 0.29) is 10.8 Å². The third-order valence-corrected chi connectivity index (χ3v) is 4.01. The molecule has 8 heteroatoms. The third kappa shape index (κ3) is 2.86. The molecule has 0 amide bonds. The number of rotatable bonds is 3. The minimum Gasteiger partial charge on any atom is -0.383 e. The minimum atomic E-state index is -0.166. The van der Waals surface area contributed by atoms with E-state index in [0.29, 0.717) is 33.5 Å². The minimum absolute atomic E-state index is 0.154. The molecule has 7 nitrogen and oxygen atoms in total. The topological polar surface area (TPSA) is 124 Å². The normalized spacial score (nSPS) is 12.4. The summed E-state index contributed by atoms with van der Waals surface area (Å²) in [6.07, 6.45) is 0. The van der Waals surface area contributed by atoms with Crippen LogP contribution in [0.1, 0.15) is 18.0 Å². The zero-order valence-electron chi connectivity index (χ0n) is 11.8. The molecule has 3 aromatic rings. The van der Waals surface area contributed by atoms with Gasteiger partial charge in [0, 0.05) is 6.07 Å². The lowest BCUT2D eigenvalue weighted by atomic mass is 10.2. The number of hydrogen-bond acceptors (Lipinski definition) is 7. The Hall–Kier alpha value is -2.61. The predicted molar refractivity (Wildman–Crippen MR) is 87.5 cm³/mol. The Labute approximate surface area is 130 Å². The molecule has 3 rings (SSSR count). The van der Waals surface area contributed by atoms with Gasteiger partial charge in [-0.05, 0) is 19.1 Å². The molecule has 0 saturated heterocycles. The largest absolute Gasteiger partial charge is 0.383 e. The summed E-state index contributed by atoms with van der Waals surface area (Å²) < 4.78 is 0. The van der Waals surface area contributed by atoms with Crippen LogP contribution in [0.3, 0.4) is 0 Å². The number of nitrogen functional groups attached to an aromatic ring is 2. The molecule has 0 aliphatic heterocycles. The van der Waals surface area contributed by atoms with Crippen molar-refractivity contribution in [2.75, 3.05) is 11.5 Å². The van der Waals surface area contributed by atoms with E-state index >= 15 is 0 Å². The Morgan fingerprint density at radius 3 is 2.55 bits per heavy atom. The van der Waals surface area contributed by atoms with Gasteiger partial charge < -0.3 is 16.5 Å². The molecule has 0 bridgehead atoms. The van der Waals surface area contributed by atoms with E-state index in [9.17, 15) is 4.79 Å². The van der Waals surface area contributed by atoms with E-state index in [2.05, 4.69) is 19.9 Å². The highest BCUT2D eigenvalue weighted by Gasteiger charge is 2.14. The molecule has 2 heterocycles. The molecule has 0 saturated carbocycles. The number of anilines is 2. The maximum Gasteiger partial charge on any atom is 0.258 e. The van der Waals surface area contributed by atoms with Crippen molar-refractivity contribution in [1.29, 1.82) is 0 Å². The second-order valence-corrected chi connectivity index (χ2v) is 6.04. The van der Waals surface area contributed by atoms with Crippen LogP contribution in [0.5, 0.6) is 0 Å². The highest BCUT2D eigenvalue weighted by atomic mass is 32.2. The molecule has 0 fully saturated rings. The first-order valence-corrected chi connectivity index (χ1v) is 7.46. The summed E-state index contributed by atoms with van der Waals surface area (Å²) in [5.74, 6) is 1.17. The van der Waals surface area contributed by atoms with Gasteiger partial charge in [0.15, 0.2) is 5.16 Å². The second-order valence-electron chi connectivity index (χ2n) is 4.73. The summed E-state index contributed by atoms with van der Waals surface area (Å²) in [5, 5.41) is 0.854. The summed E-state index contributed by atoms with van der Waals surface area (Å²) in [5.41, 5.74) is 11.8. The zero-order valence-corrected chi connectivity index (χ0v) is 12.6. The van der Waals surface area contributed by atoms with E-state index in [1.54, 1.807) is 18.2 Å². The number of nitrogens with one attached hydrogen (secondary N) is 1. The van der Waals surface area contributed by atoms with Gasteiger partial charge in [-0.3, -0.25) is 4.79 Å². The molecular formula is C14H14N6OS. The number of aromatic nitrogens is 4. The number of aromatic amines is 1. The van der Waals surface area contributed by atoms with E-state index in [1.165, 1.54) is 17.8 Å². The number of H-pyrrole nitrogens is 1. The van der Waals surface area contributed by atoms with E-state index in [4.69, 9.17) is 11.5 Å². The number of hydrogen-bond donors (Lipinski definition) is 3. The Morgan fingerprint density at radius 2 is 1.82 bits per heavy atom. The molecule has 1 atom stereocenters. The molecule has 0 aliphatic carbocycles. The van der Waals surface area contributed by atoms with Crippen LogP contribution in [0.25, 0.3) is 10.9 Å². The monoisotopic (exact) mass is 314 g/mol. The maximum absolute atomic E-state index is 12.1. The Morgan fingerprint density at radius 1 is 1.14 bits per heavy atom. The first kappa shape index (κ1) is 14.3. The summed E-state index contributed by atoms with van der Waals surface area (Å²) in [6, 6.07) is 8.69. The maximum atomic E-state index is 12.1. The van der Waals surface area contributed by atoms with Gasteiger partial charge in [0.1, 0.15) is 17.5 Å². The van der Waals surface area contributed by atoms with Gasteiger partial charge >= 0.3 is 0 Å². The molecule has 5 N–H and O–H groups in total. The second kappa shape index (κ2) is 5.64. The molecule has 1 unspecified atom stereocenters. The standard InChI is InChI=1S/C14H14N6OS/c1-7(22-14-18-10(15)6-11(16)19-14)12-17-9-5-3-2-4-8(9)13(21)20-12/h2-7H,1H3,(H,17,20,21)(H4,15,16,18,19). The van der Waals surface area contributed by atoms with Crippen LogP contribution >= 0.6 is 11.8 Å². The molecule has 112 valence electrons. The van der Waals surface area contributed by atoms with Gasteiger partial charge in [-0.25, -0.2) is 15.0 Å². The van der Waals surface area contributed by atoms with Gasteiger partial charge in [0.05, 0.1) is 16.2 Å². The quantitative estimate of drug-likeness (QED) is 0.497. The van der Waals surface area contributed by atoms with Crippen molar-refractivity contribution >= 4 is 34.3 Å². The van der Waals surface area contributed by atoms with Gasteiger partial charge in [0.25, 0.3) is 5.56 Å². The van der Waals surface area contributed by atoms with Crippen molar-refractivity contribution < 1.29 is 0 Å². The summed E-state index contributed by atoms with van der Waals surface area (Å²) >= 11 is 1.33. The van der Waals surface area contributed by atoms with Gasteiger partial charge in [-0.15, -0.1) is 0 Å². The Bertz CT molecular complexity index is 874. The molecule has 0 aliphatic rings. The summed E-state index contributed by atoms with van der Waals surface area (Å²) in [6.45, 7) is 1.90. The summed E-state index contributed by atoms with van der Waals surface area (Å²) in [7, 11) is 0. The van der Waals surface area contributed by atoms with Crippen LogP contribution in [-0.2, 0) is 0 Å². The number of thioether (sulfide) groups is 1. The lowest BCUT2D eigenvalue weighted by molar-refractivity contribution is 0.904. The molecule has 22 heavy (non-hydrogen) atoms. The van der Waals surface area contributed by atoms with Crippen molar-refractivity contribution in [3.05, 3.63) is 46.5 Å². The number of benzene rings is 1. The van der Waals surface area contributed by atoms with Crippen molar-refractivity contribution in [1.82, 2.24) is 19.9 Å². The average Bonchev–Trinajstić information content (AvgIpc) is 2.46. The van der Waals surface area contributed by atoms with Crippen LogP contribution in [0, 0.1) is 0 Å². The van der Waals surface area contributed by atoms with Crippen LogP contribution in [0.2, 0.25) is 0 Å². The van der Waals surface area contributed by atoms with Crippen LogP contribution in [0.4, 0.5) is 11.6 Å². The zero-order chi connectivity index (χ0) is 15.7. The fourth-order valence-electron chi connectivity index (χ4n) is 2.03. The molecular weight excluding hydrogens is 300 g/mol. The number of nitrogens with zero attached hydrogens (tertiary/aromatic N) is 3. The fourth-order valence-corrected chi connectivity index (χ4v) is 2.88. The number of fused-ring (bicyclic) bond motifs is 1. The Kier molecular flexibility index (Phi) is 3.68. The first-order chi connectivity index (χ1) is 10.5. The fraction of sp³-hybridized carbons (Fsp3) is 0.143. The van der Waals surface area contributed by atoms with Gasteiger partial charge in [-0.2, -0.15) is 0 Å². The lowest BCUT2D eigenvalue weighted by Gasteiger charge is -2.10. The van der Waals surface area contributed by atoms with E-state index in [0.717, 1.165) is 0 Å². The van der Waals surface area contributed by atoms with Crippen molar-refractivity contribution in [2.45, 2.75) is 17.3 Å². The van der Waals surface area contributed by atoms with Crippen molar-refractivity contribution in [3.8, 4) is 0 Å². The van der Waals surface area contributed by atoms with Gasteiger partial charge in [0.2, 0.25) is 0 Å². The van der Waals surface area contributed by atoms with Crippen LogP contribution < -0.4 is 17.0 Å². The van der Waals surface area contributed by atoms with Crippen LogP contribution in [0.15, 0.2) is 40.3 Å². The van der Waals surface area contributed by atoms with Crippen molar-refractivity contribution in [3.63, 3.8) is 0 Å². The smallest absolute Gasteiger partial charge is 0.258 e. The highest BCUT2D eigenvalue weighted by molar-refractivity contribution is 7.99. The lowest BCUT2D eigenvalue weighted by Crippen LogP contribution is -2.13. The SMILES string of the molecule is CC(Sc1nc(N)cc(N)n1)c1nc2ccccc2c(=O)[nH]1. The predicted octanol–water partition coefficient (Wildman–Crippen LogP) is 1.73. The Balaban J connectivity index is 1.95. The van der Waals surface area contributed by atoms with E-state index < -0.39 is 0 Å². The third-order valence-electron chi connectivity index (χ3n) is 3.04. The number of para-hydroxylation sites is 1. The molecule has 2 aromatic heterocycles.